The molecule has 3 nitrogen and oxygen atoms in total. The van der Waals surface area contributed by atoms with E-state index in [0.29, 0.717) is 6.61 Å². The largest absolute Gasteiger partial charge is 0.328 e. The van der Waals surface area contributed by atoms with Crippen molar-refractivity contribution in [1.29, 1.82) is 0 Å². The van der Waals surface area contributed by atoms with Crippen molar-refractivity contribution < 1.29 is 14.3 Å². The van der Waals surface area contributed by atoms with Crippen LogP contribution in [0.25, 0.3) is 0 Å². The average molecular weight is 367 g/mol. The van der Waals surface area contributed by atoms with Crippen LogP contribution in [0.5, 0.6) is 0 Å². The Hall–Kier alpha value is 0.660. The van der Waals surface area contributed by atoms with Crippen LogP contribution in [0.15, 0.2) is 0 Å². The van der Waals surface area contributed by atoms with Gasteiger partial charge in [-0.3, -0.25) is 0 Å². The zero-order valence-corrected chi connectivity index (χ0v) is 16.9. The van der Waals surface area contributed by atoms with Gasteiger partial charge >= 0.3 is 8.60 Å². The van der Waals surface area contributed by atoms with Crippen molar-refractivity contribution in [3.63, 3.8) is 0 Å². The van der Waals surface area contributed by atoms with Gasteiger partial charge in [0.2, 0.25) is 0 Å². The molecule has 5 heteroatoms. The Morgan fingerprint density at radius 3 is 1.52 bits per heavy atom. The molecule has 0 aromatic carbocycles. The van der Waals surface area contributed by atoms with Gasteiger partial charge in [-0.2, -0.15) is 11.8 Å². The summed E-state index contributed by atoms with van der Waals surface area (Å²) in [6.45, 7) is 2.72. The van der Waals surface area contributed by atoms with E-state index in [0.717, 1.165) is 11.5 Å². The van der Waals surface area contributed by atoms with Gasteiger partial charge in [0.05, 0.1) is 6.61 Å². The van der Waals surface area contributed by atoms with Gasteiger partial charge in [-0.15, -0.1) is 0 Å². The molecule has 0 aromatic rings. The highest BCUT2D eigenvalue weighted by Crippen LogP contribution is 2.24. The SMILES string of the molecule is CCCCCCCCCCCCCCCCSCCOP(O)O. The average Bonchev–Trinajstić information content (AvgIpc) is 2.53. The van der Waals surface area contributed by atoms with Gasteiger partial charge in [-0.1, -0.05) is 90.4 Å². The highest BCUT2D eigenvalue weighted by atomic mass is 32.2. The van der Waals surface area contributed by atoms with Gasteiger partial charge in [0.15, 0.2) is 0 Å². The highest BCUT2D eigenvalue weighted by Gasteiger charge is 1.98. The van der Waals surface area contributed by atoms with Gasteiger partial charge in [0, 0.05) is 5.75 Å². The molecule has 0 rings (SSSR count). The molecular formula is C18H39O3PS. The van der Waals surface area contributed by atoms with E-state index in [4.69, 9.17) is 14.3 Å². The monoisotopic (exact) mass is 366 g/mol. The van der Waals surface area contributed by atoms with Gasteiger partial charge < -0.3 is 14.3 Å². The molecule has 0 aliphatic heterocycles. The molecule has 0 saturated heterocycles. The van der Waals surface area contributed by atoms with E-state index in [1.807, 2.05) is 11.8 Å². The third-order valence-corrected chi connectivity index (χ3v) is 5.52. The van der Waals surface area contributed by atoms with Gasteiger partial charge in [-0.25, -0.2) is 0 Å². The first-order chi connectivity index (χ1) is 11.3. The van der Waals surface area contributed by atoms with Crippen LogP contribution >= 0.6 is 20.4 Å². The van der Waals surface area contributed by atoms with E-state index in [-0.39, 0.29) is 0 Å². The van der Waals surface area contributed by atoms with Crippen molar-refractivity contribution in [3.05, 3.63) is 0 Å². The first kappa shape index (κ1) is 23.7. The van der Waals surface area contributed by atoms with Crippen molar-refractivity contribution in [1.82, 2.24) is 0 Å². The van der Waals surface area contributed by atoms with Gasteiger partial charge in [-0.05, 0) is 12.2 Å². The molecule has 0 atom stereocenters. The van der Waals surface area contributed by atoms with Crippen LogP contribution in [0.1, 0.15) is 96.8 Å². The maximum absolute atomic E-state index is 8.58. The van der Waals surface area contributed by atoms with Crippen LogP contribution in [-0.2, 0) is 4.52 Å². The lowest BCUT2D eigenvalue weighted by Crippen LogP contribution is -1.93. The minimum atomic E-state index is -2.16. The smallest absolute Gasteiger partial charge is 0.327 e. The maximum Gasteiger partial charge on any atom is 0.327 e. The highest BCUT2D eigenvalue weighted by molar-refractivity contribution is 7.99. The Morgan fingerprint density at radius 1 is 0.652 bits per heavy atom. The van der Waals surface area contributed by atoms with Crippen molar-refractivity contribution >= 4 is 20.4 Å². The zero-order valence-electron chi connectivity index (χ0n) is 15.2. The lowest BCUT2D eigenvalue weighted by atomic mass is 10.0. The topological polar surface area (TPSA) is 49.7 Å². The van der Waals surface area contributed by atoms with Crippen LogP contribution in [-0.4, -0.2) is 27.9 Å². The molecule has 0 spiro atoms. The summed E-state index contributed by atoms with van der Waals surface area (Å²) in [4.78, 5) is 17.2. The third kappa shape index (κ3) is 22.7. The normalized spacial score (nSPS) is 11.5. The van der Waals surface area contributed by atoms with Crippen LogP contribution in [0.3, 0.4) is 0 Å². The molecule has 0 unspecified atom stereocenters. The van der Waals surface area contributed by atoms with Crippen molar-refractivity contribution in [3.8, 4) is 0 Å². The molecule has 0 saturated carbocycles. The number of unbranched alkanes of at least 4 members (excludes halogenated alkanes) is 13. The summed E-state index contributed by atoms with van der Waals surface area (Å²) in [5.41, 5.74) is 0. The quantitative estimate of drug-likeness (QED) is 0.204. The number of hydrogen-bond donors (Lipinski definition) is 2. The Balaban J connectivity index is 2.95. The second-order valence-electron chi connectivity index (χ2n) is 6.29. The van der Waals surface area contributed by atoms with Crippen molar-refractivity contribution in [2.75, 3.05) is 18.1 Å². The second-order valence-corrected chi connectivity index (χ2v) is 8.28. The summed E-state index contributed by atoms with van der Waals surface area (Å²) in [7, 11) is -2.16. The van der Waals surface area contributed by atoms with Crippen LogP contribution in [0, 0.1) is 0 Å². The molecule has 0 radical (unpaired) electrons. The number of rotatable bonds is 19. The third-order valence-electron chi connectivity index (χ3n) is 4.08. The van der Waals surface area contributed by atoms with E-state index in [1.54, 1.807) is 0 Å². The van der Waals surface area contributed by atoms with Crippen LogP contribution < -0.4 is 0 Å². The predicted octanol–water partition coefficient (Wildman–Crippen LogP) is 6.43. The first-order valence-electron chi connectivity index (χ1n) is 9.66. The molecule has 23 heavy (non-hydrogen) atoms. The predicted molar refractivity (Wildman–Crippen MR) is 105 cm³/mol. The summed E-state index contributed by atoms with van der Waals surface area (Å²) in [5.74, 6) is 2.02. The van der Waals surface area contributed by atoms with Crippen molar-refractivity contribution in [2.45, 2.75) is 96.8 Å². The van der Waals surface area contributed by atoms with Gasteiger partial charge in [0.1, 0.15) is 0 Å². The standard InChI is InChI=1S/C18H39O3PS/c1-2-3-4-5-6-7-8-9-10-11-12-13-14-15-17-23-18-16-21-22(19)20/h19-20H,2-18H2,1H3. The van der Waals surface area contributed by atoms with E-state index in [2.05, 4.69) is 6.92 Å². The maximum atomic E-state index is 8.58. The molecule has 140 valence electrons. The molecule has 2 N–H and O–H groups in total. The van der Waals surface area contributed by atoms with E-state index in [9.17, 15) is 0 Å². The summed E-state index contributed by atoms with van der Waals surface area (Å²) in [6, 6.07) is 0. The first-order valence-corrected chi connectivity index (χ1v) is 12.0. The Morgan fingerprint density at radius 2 is 1.09 bits per heavy atom. The van der Waals surface area contributed by atoms with E-state index < -0.39 is 8.60 Å². The molecular weight excluding hydrogens is 327 g/mol. The Kier molecular flexibility index (Phi) is 21.3. The number of thioether (sulfide) groups is 1. The molecule has 0 amide bonds. The molecule has 0 aromatic heterocycles. The van der Waals surface area contributed by atoms with E-state index >= 15 is 0 Å². The fourth-order valence-corrected chi connectivity index (χ4v) is 3.87. The summed E-state index contributed by atoms with van der Waals surface area (Å²) < 4.78 is 4.72. The fraction of sp³-hybridized carbons (Fsp3) is 1.00. The molecule has 0 bridgehead atoms. The molecule has 0 aliphatic rings. The lowest BCUT2D eigenvalue weighted by molar-refractivity contribution is 0.271. The summed E-state index contributed by atoms with van der Waals surface area (Å²) in [5, 5.41) is 0. The minimum absolute atomic E-state index is 0.446. The summed E-state index contributed by atoms with van der Waals surface area (Å²) >= 11 is 1.84. The van der Waals surface area contributed by atoms with E-state index in [1.165, 1.54) is 89.9 Å². The summed E-state index contributed by atoms with van der Waals surface area (Å²) in [6.07, 6.45) is 19.6. The van der Waals surface area contributed by atoms with Gasteiger partial charge in [0.25, 0.3) is 0 Å². The molecule has 0 fully saturated rings. The Bertz CT molecular complexity index is 218. The van der Waals surface area contributed by atoms with Crippen LogP contribution in [0.4, 0.5) is 0 Å². The second kappa shape index (κ2) is 20.7. The minimum Gasteiger partial charge on any atom is -0.328 e. The molecule has 0 aliphatic carbocycles. The lowest BCUT2D eigenvalue weighted by Gasteiger charge is -2.04. The zero-order chi connectivity index (χ0) is 17.0. The van der Waals surface area contributed by atoms with Crippen LogP contribution in [0.2, 0.25) is 0 Å². The Labute approximate surface area is 150 Å². The fourth-order valence-electron chi connectivity index (χ4n) is 2.68. The number of hydrogen-bond acceptors (Lipinski definition) is 4. The molecule has 0 heterocycles. The van der Waals surface area contributed by atoms with Crippen molar-refractivity contribution in [2.24, 2.45) is 0 Å².